The predicted molar refractivity (Wildman–Crippen MR) is 176 cm³/mol. The Hall–Kier alpha value is -3.39. The van der Waals surface area contributed by atoms with E-state index in [0.29, 0.717) is 24.3 Å². The zero-order valence-corrected chi connectivity index (χ0v) is 27.2. The van der Waals surface area contributed by atoms with Crippen molar-refractivity contribution in [2.24, 2.45) is 5.92 Å². The number of amides is 2. The number of halogens is 1. The van der Waals surface area contributed by atoms with Gasteiger partial charge in [-0.1, -0.05) is 44.0 Å². The molecule has 4 rings (SSSR count). The zero-order chi connectivity index (χ0) is 31.9. The number of carbonyl (C=O) groups excluding carboxylic acids is 2. The molecule has 0 heterocycles. The van der Waals surface area contributed by atoms with Gasteiger partial charge in [0.1, 0.15) is 11.6 Å². The zero-order valence-electron chi connectivity index (χ0n) is 27.2. The third-order valence-corrected chi connectivity index (χ3v) is 8.23. The lowest BCUT2D eigenvalue weighted by molar-refractivity contribution is -0.126. The van der Waals surface area contributed by atoms with Crippen LogP contribution in [0.5, 0.6) is 5.75 Å². The number of hydrogen-bond donors (Lipinski definition) is 4. The smallest absolute Gasteiger partial charge is 0.239 e. The van der Waals surface area contributed by atoms with Crippen LogP contribution in [-0.2, 0) is 22.4 Å². The van der Waals surface area contributed by atoms with Crippen LogP contribution in [0.25, 0.3) is 0 Å². The number of rotatable bonds is 16. The third kappa shape index (κ3) is 11.9. The van der Waals surface area contributed by atoms with E-state index in [9.17, 15) is 14.0 Å². The summed E-state index contributed by atoms with van der Waals surface area (Å²) in [7, 11) is 2.01. The molecule has 2 aromatic carbocycles. The minimum absolute atomic E-state index is 0.0175. The van der Waals surface area contributed by atoms with Gasteiger partial charge in [-0.2, -0.15) is 0 Å². The van der Waals surface area contributed by atoms with E-state index in [2.05, 4.69) is 34.7 Å². The first-order valence-electron chi connectivity index (χ1n) is 16.4. The molecule has 2 amide bonds. The van der Waals surface area contributed by atoms with Crippen LogP contribution in [0.4, 0.5) is 4.39 Å². The summed E-state index contributed by atoms with van der Waals surface area (Å²) in [4.78, 5) is 27.0. The third-order valence-electron chi connectivity index (χ3n) is 8.23. The lowest BCUT2D eigenvalue weighted by Crippen LogP contribution is -2.45. The topological polar surface area (TPSA) is 93.7 Å². The van der Waals surface area contributed by atoms with Crippen molar-refractivity contribution in [2.75, 3.05) is 33.2 Å². The van der Waals surface area contributed by atoms with Crippen LogP contribution < -0.4 is 16.0 Å². The molecule has 1 atom stereocenters. The van der Waals surface area contributed by atoms with Crippen molar-refractivity contribution in [3.63, 3.8) is 0 Å². The van der Waals surface area contributed by atoms with E-state index in [1.54, 1.807) is 18.2 Å². The fourth-order valence-electron chi connectivity index (χ4n) is 5.54. The number of nitrogens with one attached hydrogen (secondary N) is 3. The van der Waals surface area contributed by atoms with E-state index in [1.807, 2.05) is 32.2 Å². The van der Waals surface area contributed by atoms with Gasteiger partial charge < -0.3 is 26.0 Å². The molecule has 2 aliphatic rings. The molecule has 2 saturated carbocycles. The molecule has 4 N–H and O–H groups in total. The molecular weight excluding hydrogens is 555 g/mol. The van der Waals surface area contributed by atoms with Gasteiger partial charge in [0.25, 0.3) is 0 Å². The highest BCUT2D eigenvalue weighted by Crippen LogP contribution is 2.40. The number of nitrogens with zero attached hydrogens (tertiary/aromatic N) is 1. The molecule has 44 heavy (non-hydrogen) atoms. The van der Waals surface area contributed by atoms with E-state index in [4.69, 9.17) is 5.11 Å². The van der Waals surface area contributed by atoms with Crippen LogP contribution in [0.3, 0.4) is 0 Å². The molecule has 0 radical (unpaired) electrons. The monoisotopic (exact) mass is 608 g/mol. The van der Waals surface area contributed by atoms with Gasteiger partial charge in [0.15, 0.2) is 0 Å². The maximum absolute atomic E-state index is 13.5. The summed E-state index contributed by atoms with van der Waals surface area (Å²) in [5.41, 5.74) is 6.14. The number of phenolic OH excluding ortho intramolecular Hbond substituents is 1. The number of aromatic hydroxyl groups is 1. The first-order valence-corrected chi connectivity index (χ1v) is 16.4. The summed E-state index contributed by atoms with van der Waals surface area (Å²) < 4.78 is 13.5. The van der Waals surface area contributed by atoms with Crippen LogP contribution >= 0.6 is 0 Å². The minimum atomic E-state index is -0.201. The van der Waals surface area contributed by atoms with Gasteiger partial charge in [0.2, 0.25) is 11.8 Å². The first kappa shape index (κ1) is 35.1. The highest BCUT2D eigenvalue weighted by Gasteiger charge is 2.37. The van der Waals surface area contributed by atoms with E-state index < -0.39 is 0 Å². The van der Waals surface area contributed by atoms with Crippen LogP contribution in [0.2, 0.25) is 0 Å². The van der Waals surface area contributed by atoms with Gasteiger partial charge in [0.05, 0.1) is 13.1 Å². The maximum Gasteiger partial charge on any atom is 0.239 e. The second-order valence-corrected chi connectivity index (χ2v) is 12.2. The second-order valence-electron chi connectivity index (χ2n) is 12.2. The number of hydrogen-bond acceptors (Lipinski definition) is 5. The Morgan fingerprint density at radius 2 is 1.68 bits per heavy atom. The van der Waals surface area contributed by atoms with E-state index in [1.165, 1.54) is 42.2 Å². The Morgan fingerprint density at radius 3 is 2.27 bits per heavy atom. The first-order chi connectivity index (χ1) is 21.2. The summed E-state index contributed by atoms with van der Waals surface area (Å²) in [6.07, 6.45) is 10.5. The van der Waals surface area contributed by atoms with E-state index in [-0.39, 0.29) is 30.7 Å². The van der Waals surface area contributed by atoms with E-state index >= 15 is 0 Å². The lowest BCUT2D eigenvalue weighted by atomic mass is 9.86. The second kappa shape index (κ2) is 18.4. The highest BCUT2D eigenvalue weighted by molar-refractivity contribution is 5.85. The van der Waals surface area contributed by atoms with Crippen molar-refractivity contribution in [3.05, 3.63) is 76.2 Å². The SMILES string of the molecule is CCCNC(C(=C1CCC1)N(C)CC(=O)NCC(=O)NCCCc1ccc(F)cc1CCC)C1CC1.Cc1ccc(O)cc1. The quantitative estimate of drug-likeness (QED) is 0.181. The van der Waals surface area contributed by atoms with Crippen molar-refractivity contribution in [2.45, 2.75) is 91.0 Å². The van der Waals surface area contributed by atoms with Crippen LogP contribution in [0.1, 0.15) is 81.9 Å². The molecule has 2 fully saturated rings. The number of carbonyl (C=O) groups is 2. The van der Waals surface area contributed by atoms with Gasteiger partial charge in [0, 0.05) is 25.3 Å². The molecule has 0 saturated heterocycles. The number of allylic oxidation sites excluding steroid dienone is 1. The van der Waals surface area contributed by atoms with Gasteiger partial charge >= 0.3 is 0 Å². The van der Waals surface area contributed by atoms with Crippen molar-refractivity contribution >= 4 is 11.8 Å². The summed E-state index contributed by atoms with van der Waals surface area (Å²) in [5, 5.41) is 18.2. The van der Waals surface area contributed by atoms with Gasteiger partial charge in [-0.05, 0) is 118 Å². The van der Waals surface area contributed by atoms with Crippen LogP contribution in [0, 0.1) is 18.7 Å². The summed E-state index contributed by atoms with van der Waals surface area (Å²) >= 11 is 0. The molecule has 0 spiro atoms. The van der Waals surface area contributed by atoms with E-state index in [0.717, 1.165) is 62.6 Å². The molecule has 0 aliphatic heterocycles. The van der Waals surface area contributed by atoms with Gasteiger partial charge in [-0.25, -0.2) is 4.39 Å². The molecule has 0 aromatic heterocycles. The molecule has 2 aliphatic carbocycles. The van der Waals surface area contributed by atoms with Crippen molar-refractivity contribution in [1.82, 2.24) is 20.9 Å². The molecule has 0 bridgehead atoms. The van der Waals surface area contributed by atoms with Gasteiger partial charge in [-0.3, -0.25) is 9.59 Å². The highest BCUT2D eigenvalue weighted by atomic mass is 19.1. The van der Waals surface area contributed by atoms with Crippen molar-refractivity contribution < 1.29 is 19.1 Å². The van der Waals surface area contributed by atoms with Crippen LogP contribution in [0.15, 0.2) is 53.7 Å². The number of likely N-dealkylation sites (N-methyl/N-ethyl adjacent to an activating group) is 1. The molecule has 1 unspecified atom stereocenters. The summed E-state index contributed by atoms with van der Waals surface area (Å²) in [5.74, 6) is 0.482. The Kier molecular flexibility index (Phi) is 14.7. The fraction of sp³-hybridized carbons (Fsp3) is 0.556. The Bertz CT molecular complexity index is 1200. The molecular formula is C36H53FN4O3. The Balaban J connectivity index is 0.000000572. The maximum atomic E-state index is 13.5. The van der Waals surface area contributed by atoms with Crippen molar-refractivity contribution in [3.8, 4) is 5.75 Å². The largest absolute Gasteiger partial charge is 0.508 e. The number of phenols is 1. The van der Waals surface area contributed by atoms with Crippen LogP contribution in [-0.4, -0.2) is 61.1 Å². The minimum Gasteiger partial charge on any atom is -0.508 e. The number of aryl methyl sites for hydroxylation is 3. The predicted octanol–water partition coefficient (Wildman–Crippen LogP) is 5.79. The molecule has 8 heteroatoms. The Labute approximate surface area is 263 Å². The standard InChI is InChI=1S/C29H45FN4O2.C7H8O/c1-4-8-24-18-25(30)15-14-21(24)11-7-17-31-26(35)19-33-27(36)20-34(3)29(23-9-6-10-23)28(22-12-13-22)32-16-5-2;1-6-2-4-7(8)5-3-6/h14-15,18,22,28,32H,4-13,16-17,19-20H2,1-3H3,(H,31,35)(H,33,36);2-5,8H,1H3. The average molecular weight is 609 g/mol. The summed E-state index contributed by atoms with van der Waals surface area (Å²) in [6.45, 7) is 8.01. The summed E-state index contributed by atoms with van der Waals surface area (Å²) in [6, 6.07) is 12.4. The lowest BCUT2D eigenvalue weighted by Gasteiger charge is -2.35. The molecule has 242 valence electrons. The molecule has 2 aromatic rings. The van der Waals surface area contributed by atoms with Crippen molar-refractivity contribution in [1.29, 1.82) is 0 Å². The van der Waals surface area contributed by atoms with Gasteiger partial charge in [-0.15, -0.1) is 0 Å². The molecule has 7 nitrogen and oxygen atoms in total. The fourth-order valence-corrected chi connectivity index (χ4v) is 5.54. The Morgan fingerprint density at radius 1 is 0.955 bits per heavy atom. The average Bonchev–Trinajstić information content (AvgIpc) is 3.81. The number of benzene rings is 2. The normalized spacial score (nSPS) is 14.5.